The highest BCUT2D eigenvalue weighted by Crippen LogP contribution is 2.19. The van der Waals surface area contributed by atoms with Crippen LogP contribution in [-0.2, 0) is 7.05 Å². The van der Waals surface area contributed by atoms with E-state index < -0.39 is 0 Å². The number of aromatic nitrogens is 1. The summed E-state index contributed by atoms with van der Waals surface area (Å²) in [5.74, 6) is -0.196. The Hall–Kier alpha value is -2.20. The van der Waals surface area contributed by atoms with Crippen molar-refractivity contribution in [1.82, 2.24) is 4.57 Å². The van der Waals surface area contributed by atoms with Gasteiger partial charge in [0.25, 0.3) is 5.91 Å². The van der Waals surface area contributed by atoms with E-state index in [9.17, 15) is 4.79 Å². The average molecular weight is 296 g/mol. The van der Waals surface area contributed by atoms with Crippen LogP contribution in [0.3, 0.4) is 0 Å². The lowest BCUT2D eigenvalue weighted by Crippen LogP contribution is -2.13. The Morgan fingerprint density at radius 1 is 1.14 bits per heavy atom. The Morgan fingerprint density at radius 2 is 1.90 bits per heavy atom. The summed E-state index contributed by atoms with van der Waals surface area (Å²) in [6.07, 6.45) is 0. The molecule has 1 heterocycles. The van der Waals surface area contributed by atoms with Gasteiger partial charge in [-0.25, -0.2) is 0 Å². The number of carbonyl (C=O) groups is 1. The molecule has 1 amide bonds. The Kier molecular flexibility index (Phi) is 3.47. The van der Waals surface area contributed by atoms with Crippen molar-refractivity contribution in [2.24, 2.45) is 12.0 Å². The molecule has 0 saturated heterocycles. The van der Waals surface area contributed by atoms with E-state index in [0.29, 0.717) is 5.56 Å². The first-order chi connectivity index (χ1) is 10.1. The largest absolute Gasteiger partial charge is 0.319 e. The lowest BCUT2D eigenvalue weighted by atomic mass is 10.1. The van der Waals surface area contributed by atoms with Crippen molar-refractivity contribution in [3.05, 3.63) is 64.0 Å². The maximum atomic E-state index is 12.3. The van der Waals surface area contributed by atoms with Gasteiger partial charge in [0.15, 0.2) is 4.80 Å². The van der Waals surface area contributed by atoms with Crippen LogP contribution < -0.4 is 4.80 Å². The van der Waals surface area contributed by atoms with E-state index in [0.717, 1.165) is 20.6 Å². The molecule has 0 radical (unpaired) electrons. The van der Waals surface area contributed by atoms with Gasteiger partial charge in [-0.15, -0.1) is 0 Å². The Balaban J connectivity index is 2.14. The van der Waals surface area contributed by atoms with Crippen LogP contribution in [0.5, 0.6) is 0 Å². The third kappa shape index (κ3) is 2.54. The van der Waals surface area contributed by atoms with E-state index in [1.54, 1.807) is 17.4 Å². The number of hydrogen-bond donors (Lipinski definition) is 0. The zero-order chi connectivity index (χ0) is 15.0. The number of para-hydroxylation sites is 1. The molecule has 0 fully saturated rings. The molecule has 0 bridgehead atoms. The third-order valence-corrected chi connectivity index (χ3v) is 4.58. The van der Waals surface area contributed by atoms with Crippen molar-refractivity contribution in [3.8, 4) is 0 Å². The van der Waals surface area contributed by atoms with Gasteiger partial charge in [-0.05, 0) is 37.6 Å². The smallest absolute Gasteiger partial charge is 0.279 e. The van der Waals surface area contributed by atoms with Gasteiger partial charge in [-0.3, -0.25) is 4.79 Å². The minimum Gasteiger partial charge on any atom is -0.319 e. The molecule has 0 N–H and O–H groups in total. The highest BCUT2D eigenvalue weighted by molar-refractivity contribution is 7.16. The standard InChI is InChI=1S/C17H16N2OS/c1-11-6-4-8-13(10-11)16(20)18-17-19(3)15-12(2)7-5-9-14(15)21-17/h4-10H,1-3H3. The van der Waals surface area contributed by atoms with Crippen LogP contribution in [0.1, 0.15) is 21.5 Å². The number of hydrogen-bond acceptors (Lipinski definition) is 2. The van der Waals surface area contributed by atoms with Crippen molar-refractivity contribution in [1.29, 1.82) is 0 Å². The molecule has 21 heavy (non-hydrogen) atoms. The summed E-state index contributed by atoms with van der Waals surface area (Å²) in [4.78, 5) is 17.3. The molecule has 106 valence electrons. The van der Waals surface area contributed by atoms with Gasteiger partial charge < -0.3 is 4.57 Å². The van der Waals surface area contributed by atoms with Gasteiger partial charge in [-0.1, -0.05) is 41.2 Å². The van der Waals surface area contributed by atoms with E-state index in [2.05, 4.69) is 24.0 Å². The van der Waals surface area contributed by atoms with Gasteiger partial charge in [0, 0.05) is 12.6 Å². The SMILES string of the molecule is Cc1cccc(C(=O)N=c2sc3cccc(C)c3n2C)c1. The molecular formula is C17H16N2OS. The van der Waals surface area contributed by atoms with Crippen LogP contribution >= 0.6 is 11.3 Å². The molecule has 2 aromatic carbocycles. The second-order valence-corrected chi connectivity index (χ2v) is 6.16. The number of fused-ring (bicyclic) bond motifs is 1. The Bertz CT molecular complexity index is 903. The molecule has 0 unspecified atom stereocenters. The van der Waals surface area contributed by atoms with Crippen LogP contribution in [0, 0.1) is 13.8 Å². The van der Waals surface area contributed by atoms with Crippen molar-refractivity contribution in [2.75, 3.05) is 0 Å². The summed E-state index contributed by atoms with van der Waals surface area (Å²) in [5, 5.41) is 0. The first kappa shape index (κ1) is 13.8. The summed E-state index contributed by atoms with van der Waals surface area (Å²) in [6, 6.07) is 13.7. The summed E-state index contributed by atoms with van der Waals surface area (Å²) in [5.41, 5.74) is 4.02. The summed E-state index contributed by atoms with van der Waals surface area (Å²) >= 11 is 1.54. The predicted octanol–water partition coefficient (Wildman–Crippen LogP) is 3.60. The van der Waals surface area contributed by atoms with Gasteiger partial charge in [-0.2, -0.15) is 4.99 Å². The van der Waals surface area contributed by atoms with Crippen LogP contribution in [0.15, 0.2) is 47.5 Å². The molecule has 1 aromatic heterocycles. The number of rotatable bonds is 1. The van der Waals surface area contributed by atoms with Crippen molar-refractivity contribution >= 4 is 27.5 Å². The van der Waals surface area contributed by atoms with Crippen LogP contribution in [-0.4, -0.2) is 10.5 Å². The number of benzene rings is 2. The zero-order valence-electron chi connectivity index (χ0n) is 12.3. The molecule has 0 aliphatic carbocycles. The minimum absolute atomic E-state index is 0.196. The Morgan fingerprint density at radius 3 is 2.62 bits per heavy atom. The minimum atomic E-state index is -0.196. The van der Waals surface area contributed by atoms with Crippen molar-refractivity contribution in [3.63, 3.8) is 0 Å². The van der Waals surface area contributed by atoms with Gasteiger partial charge in [0.1, 0.15) is 0 Å². The van der Waals surface area contributed by atoms with Crippen LogP contribution in [0.2, 0.25) is 0 Å². The highest BCUT2D eigenvalue weighted by atomic mass is 32.1. The molecule has 0 atom stereocenters. The molecule has 0 saturated carbocycles. The number of carbonyl (C=O) groups excluding carboxylic acids is 1. The lowest BCUT2D eigenvalue weighted by Gasteiger charge is -1.99. The van der Waals surface area contributed by atoms with E-state index in [1.807, 2.05) is 42.8 Å². The molecule has 0 aliphatic heterocycles. The number of aryl methyl sites for hydroxylation is 3. The maximum absolute atomic E-state index is 12.3. The maximum Gasteiger partial charge on any atom is 0.279 e. The fraction of sp³-hybridized carbons (Fsp3) is 0.176. The molecule has 0 spiro atoms. The monoisotopic (exact) mass is 296 g/mol. The van der Waals surface area contributed by atoms with Crippen LogP contribution in [0.25, 0.3) is 10.2 Å². The third-order valence-electron chi connectivity index (χ3n) is 3.49. The fourth-order valence-corrected chi connectivity index (χ4v) is 3.53. The normalized spacial score (nSPS) is 12.0. The van der Waals surface area contributed by atoms with E-state index in [4.69, 9.17) is 0 Å². The lowest BCUT2D eigenvalue weighted by molar-refractivity contribution is 0.0998. The summed E-state index contributed by atoms with van der Waals surface area (Å²) < 4.78 is 3.14. The first-order valence-electron chi connectivity index (χ1n) is 6.77. The van der Waals surface area contributed by atoms with Crippen molar-refractivity contribution in [2.45, 2.75) is 13.8 Å². The van der Waals surface area contributed by atoms with Crippen LogP contribution in [0.4, 0.5) is 0 Å². The fourth-order valence-electron chi connectivity index (χ4n) is 2.43. The molecular weight excluding hydrogens is 280 g/mol. The second-order valence-electron chi connectivity index (χ2n) is 5.15. The molecule has 3 aromatic rings. The molecule has 3 rings (SSSR count). The second kappa shape index (κ2) is 5.30. The molecule has 0 aliphatic rings. The van der Waals surface area contributed by atoms with Gasteiger partial charge in [0.2, 0.25) is 0 Å². The highest BCUT2D eigenvalue weighted by Gasteiger charge is 2.08. The summed E-state index contributed by atoms with van der Waals surface area (Å²) in [6.45, 7) is 4.04. The first-order valence-corrected chi connectivity index (χ1v) is 7.59. The number of amides is 1. The van der Waals surface area contributed by atoms with Crippen molar-refractivity contribution < 1.29 is 4.79 Å². The van der Waals surface area contributed by atoms with E-state index in [1.165, 1.54) is 5.56 Å². The Labute approximate surface area is 127 Å². The topological polar surface area (TPSA) is 34.4 Å². The van der Waals surface area contributed by atoms with E-state index in [-0.39, 0.29) is 5.91 Å². The quantitative estimate of drug-likeness (QED) is 0.675. The number of nitrogens with zero attached hydrogens (tertiary/aromatic N) is 2. The molecule has 3 nitrogen and oxygen atoms in total. The van der Waals surface area contributed by atoms with Gasteiger partial charge in [0.05, 0.1) is 10.2 Å². The average Bonchev–Trinajstić information content (AvgIpc) is 2.77. The summed E-state index contributed by atoms with van der Waals surface area (Å²) in [7, 11) is 1.95. The predicted molar refractivity (Wildman–Crippen MR) is 86.6 cm³/mol. The molecule has 4 heteroatoms. The van der Waals surface area contributed by atoms with Gasteiger partial charge >= 0.3 is 0 Å². The van der Waals surface area contributed by atoms with E-state index >= 15 is 0 Å². The zero-order valence-corrected chi connectivity index (χ0v) is 13.1. The number of thiazole rings is 1.